The molecule has 3 amide bonds. The Bertz CT molecular complexity index is 691. The Morgan fingerprint density at radius 2 is 1.23 bits per heavy atom. The van der Waals surface area contributed by atoms with Gasteiger partial charge in [0.15, 0.2) is 0 Å². The van der Waals surface area contributed by atoms with Crippen LogP contribution in [0.3, 0.4) is 0 Å². The van der Waals surface area contributed by atoms with E-state index in [1.807, 2.05) is 0 Å². The topological polar surface area (TPSA) is 289 Å². The number of rotatable bonds is 16. The number of amides is 3. The van der Waals surface area contributed by atoms with Crippen LogP contribution >= 0.6 is 0 Å². The zero-order valence-corrected chi connectivity index (χ0v) is 28.1. The summed E-state index contributed by atoms with van der Waals surface area (Å²) < 4.78 is 0. The first-order valence-corrected chi connectivity index (χ1v) is 12.3. The number of aliphatic carboxylic acids is 2. The van der Waals surface area contributed by atoms with Gasteiger partial charge in [-0.25, -0.2) is 4.79 Å². The minimum atomic E-state index is -1.05. The van der Waals surface area contributed by atoms with E-state index in [4.69, 9.17) is 44.1 Å². The number of hydrogen-bond acceptors (Lipinski definition) is 10. The third kappa shape index (κ3) is 25.0. The predicted octanol–water partition coefficient (Wildman–Crippen LogP) is -0.718. The number of hydroxylamine groups is 2. The second-order valence-corrected chi connectivity index (χ2v) is 8.36. The number of imide groups is 1. The van der Waals surface area contributed by atoms with Gasteiger partial charge in [0.25, 0.3) is 11.8 Å². The molecular formula is C22H44N7O8Y2-. The maximum Gasteiger partial charge on any atom is 0.326 e. The number of carbonyl (C=O) groups excluding carboxylic acids is 3. The summed E-state index contributed by atoms with van der Waals surface area (Å²) in [6, 6.07) is -2.32. The summed E-state index contributed by atoms with van der Waals surface area (Å²) in [5, 5.41) is 28.3. The van der Waals surface area contributed by atoms with Crippen molar-refractivity contribution < 1.29 is 105 Å². The number of carboxylic acids is 2. The zero-order chi connectivity index (χ0) is 28.8. The molecule has 1 saturated heterocycles. The van der Waals surface area contributed by atoms with Gasteiger partial charge >= 0.3 is 11.9 Å². The summed E-state index contributed by atoms with van der Waals surface area (Å²) in [5.41, 5.74) is 28.4. The summed E-state index contributed by atoms with van der Waals surface area (Å²) >= 11 is 0. The van der Waals surface area contributed by atoms with Gasteiger partial charge in [-0.05, 0) is 51.6 Å². The largest absolute Gasteiger partial charge is 0.677 e. The van der Waals surface area contributed by atoms with Crippen LogP contribution in [0.25, 0.3) is 5.73 Å². The van der Waals surface area contributed by atoms with Crippen LogP contribution in [0.4, 0.5) is 0 Å². The molecule has 1 rings (SSSR count). The Balaban J connectivity index is -0.000000257. The Morgan fingerprint density at radius 1 is 0.795 bits per heavy atom. The number of nitrogens with two attached hydrogens (primary N) is 4. The first-order chi connectivity index (χ1) is 17.4. The molecular weight excluding hydrogens is 668 g/mol. The van der Waals surface area contributed by atoms with E-state index in [1.54, 1.807) is 0 Å². The molecule has 0 aromatic rings. The first-order valence-electron chi connectivity index (χ1n) is 12.3. The minimum Gasteiger partial charge on any atom is -0.677 e. The van der Waals surface area contributed by atoms with Crippen LogP contribution in [-0.4, -0.2) is 87.9 Å². The molecule has 13 N–H and O–H groups in total. The van der Waals surface area contributed by atoms with Crippen molar-refractivity contribution in [3.63, 3.8) is 0 Å². The zero-order valence-electron chi connectivity index (χ0n) is 22.4. The number of carboxylic acid groups (broad SMARTS) is 2. The van der Waals surface area contributed by atoms with Crippen LogP contribution in [0.2, 0.25) is 0 Å². The van der Waals surface area contributed by atoms with E-state index >= 15 is 0 Å². The van der Waals surface area contributed by atoms with E-state index in [0.29, 0.717) is 58.2 Å². The molecule has 15 nitrogen and oxygen atoms in total. The molecule has 0 bridgehead atoms. The molecule has 1 aliphatic heterocycles. The van der Waals surface area contributed by atoms with Crippen LogP contribution < -0.4 is 28.3 Å². The Kier molecular flexibility index (Phi) is 33.9. The van der Waals surface area contributed by atoms with Gasteiger partial charge in [-0.3, -0.25) is 24.4 Å². The number of carbonyl (C=O) groups is 5. The molecule has 2 radical (unpaired) electrons. The van der Waals surface area contributed by atoms with Crippen LogP contribution in [-0.2, 0) is 89.4 Å². The third-order valence-corrected chi connectivity index (χ3v) is 5.15. The summed E-state index contributed by atoms with van der Waals surface area (Å²) in [6.07, 6.45) is 6.07. The van der Waals surface area contributed by atoms with E-state index in [9.17, 15) is 24.0 Å². The van der Waals surface area contributed by atoms with Crippen LogP contribution in [0.5, 0.6) is 0 Å². The average molecular weight is 712 g/mol. The quantitative estimate of drug-likeness (QED) is 0.0559. The van der Waals surface area contributed by atoms with Gasteiger partial charge in [0.2, 0.25) is 5.91 Å². The van der Waals surface area contributed by atoms with Gasteiger partial charge in [0, 0.05) is 78.3 Å². The van der Waals surface area contributed by atoms with Gasteiger partial charge in [0.05, 0.1) is 6.04 Å². The molecule has 0 aromatic heterocycles. The summed E-state index contributed by atoms with van der Waals surface area (Å²) in [7, 11) is 0. The molecule has 17 heteroatoms. The van der Waals surface area contributed by atoms with Crippen LogP contribution in [0, 0.1) is 0 Å². The third-order valence-electron chi connectivity index (χ3n) is 5.15. The van der Waals surface area contributed by atoms with Crippen LogP contribution in [0.1, 0.15) is 70.6 Å². The van der Waals surface area contributed by atoms with E-state index in [-0.39, 0.29) is 83.3 Å². The standard InChI is InChI=1S/C12H25N4O3.C6H14N2O2.C4H5NO3.2Y/c13-7-3-1-5-9(15)11(17)16-10(12(18)19)6-2-4-8-14;7-4-2-1-3-5(8)6(9)10;6-3-1-2-4(7)5(3)8;;/h9-10,13H,1-8,14-15H2,(H,16,17)(H,18,19);5H,1-4,7-8H2,(H,9,10);8H,1-2H2;;/q-1;;;;. The number of unbranched alkanes of at least 4 members (excludes halogenated alkanes) is 3. The second-order valence-electron chi connectivity index (χ2n) is 8.36. The molecule has 3 unspecified atom stereocenters. The number of hydrogen-bond donors (Lipinski definition) is 8. The average Bonchev–Trinajstić information content (AvgIpc) is 3.15. The van der Waals surface area contributed by atoms with E-state index in [1.165, 1.54) is 0 Å². The van der Waals surface area contributed by atoms with Crippen molar-refractivity contribution in [1.29, 1.82) is 0 Å². The SMILES string of the molecule is NCCCCC(N)C(=O)O.O=C1CCC(=O)N1O.[NH-]CCCCC(N)C(=O)NC(CCCCN)C(=O)O.[Y].[Y]. The molecule has 1 fully saturated rings. The molecule has 0 aromatic carbocycles. The van der Waals surface area contributed by atoms with Gasteiger partial charge in [-0.15, -0.1) is 0 Å². The van der Waals surface area contributed by atoms with E-state index in [0.717, 1.165) is 19.3 Å². The fraction of sp³-hybridized carbons (Fsp3) is 0.773. The van der Waals surface area contributed by atoms with Crippen molar-refractivity contribution in [2.75, 3.05) is 19.6 Å². The molecule has 0 aliphatic carbocycles. The fourth-order valence-electron chi connectivity index (χ4n) is 2.85. The van der Waals surface area contributed by atoms with Crippen LogP contribution in [0.15, 0.2) is 0 Å². The number of nitrogens with zero attached hydrogens (tertiary/aromatic N) is 1. The van der Waals surface area contributed by atoms with Crippen molar-refractivity contribution in [2.24, 2.45) is 22.9 Å². The second kappa shape index (κ2) is 29.0. The number of nitrogens with one attached hydrogen (secondary N) is 2. The molecule has 1 aliphatic rings. The van der Waals surface area contributed by atoms with Crippen molar-refractivity contribution in [1.82, 2.24) is 10.4 Å². The van der Waals surface area contributed by atoms with Gasteiger partial charge in [-0.1, -0.05) is 19.3 Å². The van der Waals surface area contributed by atoms with Gasteiger partial charge in [-0.2, -0.15) is 11.6 Å². The molecule has 3 atom stereocenters. The maximum atomic E-state index is 11.7. The Morgan fingerprint density at radius 3 is 1.59 bits per heavy atom. The summed E-state index contributed by atoms with van der Waals surface area (Å²) in [6.45, 7) is 1.42. The molecule has 39 heavy (non-hydrogen) atoms. The van der Waals surface area contributed by atoms with Crippen molar-refractivity contribution >= 4 is 29.7 Å². The normalized spacial score (nSPS) is 14.3. The minimum absolute atomic E-state index is 0. The van der Waals surface area contributed by atoms with Gasteiger partial charge in [0.1, 0.15) is 12.1 Å². The molecule has 1 heterocycles. The monoisotopic (exact) mass is 712 g/mol. The predicted molar refractivity (Wildman–Crippen MR) is 135 cm³/mol. The van der Waals surface area contributed by atoms with E-state index in [2.05, 4.69) is 5.32 Å². The fourth-order valence-corrected chi connectivity index (χ4v) is 2.85. The molecule has 0 saturated carbocycles. The smallest absolute Gasteiger partial charge is 0.326 e. The van der Waals surface area contributed by atoms with Crippen molar-refractivity contribution in [3.8, 4) is 0 Å². The first kappa shape index (κ1) is 45.5. The molecule has 222 valence electrons. The Labute approximate surface area is 279 Å². The van der Waals surface area contributed by atoms with Crippen molar-refractivity contribution in [3.05, 3.63) is 5.73 Å². The Hall–Kier alpha value is -0.482. The summed E-state index contributed by atoms with van der Waals surface area (Å²) in [4.78, 5) is 53.3. The van der Waals surface area contributed by atoms with E-state index < -0.39 is 47.8 Å². The van der Waals surface area contributed by atoms with Gasteiger partial charge < -0.3 is 44.2 Å². The van der Waals surface area contributed by atoms with Crippen molar-refractivity contribution in [2.45, 2.75) is 88.8 Å². The summed E-state index contributed by atoms with van der Waals surface area (Å²) in [5.74, 6) is -3.43. The maximum absolute atomic E-state index is 11.7. The molecule has 0 spiro atoms.